The van der Waals surface area contributed by atoms with E-state index in [-0.39, 0.29) is 0 Å². The minimum Gasteiger partial charge on any atom is -0.491 e. The summed E-state index contributed by atoms with van der Waals surface area (Å²) in [6.45, 7) is 5.26. The molecule has 0 aliphatic rings. The van der Waals surface area contributed by atoms with Crippen molar-refractivity contribution < 1.29 is 9.47 Å². The molecule has 21 heavy (non-hydrogen) atoms. The normalized spacial score (nSPS) is 10.3. The second kappa shape index (κ2) is 7.23. The Balaban J connectivity index is 2.19. The van der Waals surface area contributed by atoms with Crippen molar-refractivity contribution in [2.45, 2.75) is 20.4 Å². The van der Waals surface area contributed by atoms with Crippen molar-refractivity contribution in [3.05, 3.63) is 52.5 Å². The van der Waals surface area contributed by atoms with Crippen LogP contribution in [0, 0.1) is 6.92 Å². The fraction of sp³-hybridized carbons (Fsp3) is 0.294. The average Bonchev–Trinajstić information content (AvgIpc) is 2.47. The molecular weight excluding hydrogens is 286 g/mol. The van der Waals surface area contributed by atoms with Gasteiger partial charge in [0.1, 0.15) is 0 Å². The smallest absolute Gasteiger partial charge is 0.179 e. The van der Waals surface area contributed by atoms with Crippen LogP contribution in [0.15, 0.2) is 36.4 Å². The van der Waals surface area contributed by atoms with E-state index in [4.69, 9.17) is 21.1 Å². The number of nitrogens with one attached hydrogen (secondary N) is 1. The molecule has 0 saturated heterocycles. The quantitative estimate of drug-likeness (QED) is 0.841. The number of para-hydroxylation sites is 1. The van der Waals surface area contributed by atoms with Gasteiger partial charge in [-0.2, -0.15) is 0 Å². The van der Waals surface area contributed by atoms with Crippen molar-refractivity contribution in [3.63, 3.8) is 0 Å². The predicted molar refractivity (Wildman–Crippen MR) is 87.7 cm³/mol. The summed E-state index contributed by atoms with van der Waals surface area (Å²) in [5.41, 5.74) is 3.37. The van der Waals surface area contributed by atoms with Gasteiger partial charge in [0, 0.05) is 12.2 Å². The second-order valence-electron chi connectivity index (χ2n) is 4.71. The number of methoxy groups -OCH3 is 1. The van der Waals surface area contributed by atoms with Gasteiger partial charge in [-0.25, -0.2) is 0 Å². The topological polar surface area (TPSA) is 30.5 Å². The molecule has 0 heterocycles. The lowest BCUT2D eigenvalue weighted by atomic mass is 10.1. The fourth-order valence-electron chi connectivity index (χ4n) is 2.15. The van der Waals surface area contributed by atoms with Gasteiger partial charge in [0.25, 0.3) is 0 Å². The highest BCUT2D eigenvalue weighted by molar-refractivity contribution is 6.32. The predicted octanol–water partition coefficient (Wildman–Crippen LogP) is 4.67. The molecule has 0 aromatic heterocycles. The minimum atomic E-state index is 0.560. The molecule has 0 fully saturated rings. The van der Waals surface area contributed by atoms with Gasteiger partial charge < -0.3 is 14.8 Å². The van der Waals surface area contributed by atoms with Gasteiger partial charge >= 0.3 is 0 Å². The lowest BCUT2D eigenvalue weighted by Crippen LogP contribution is -2.03. The average molecular weight is 306 g/mol. The Morgan fingerprint density at radius 2 is 1.95 bits per heavy atom. The Bertz CT molecular complexity index is 614. The van der Waals surface area contributed by atoms with Crippen molar-refractivity contribution in [2.24, 2.45) is 0 Å². The third kappa shape index (κ3) is 3.82. The van der Waals surface area contributed by atoms with E-state index < -0.39 is 0 Å². The molecule has 3 nitrogen and oxygen atoms in total. The highest BCUT2D eigenvalue weighted by Gasteiger charge is 2.11. The molecule has 2 aromatic rings. The van der Waals surface area contributed by atoms with Crippen LogP contribution in [0.4, 0.5) is 5.69 Å². The molecule has 1 N–H and O–H groups in total. The first-order chi connectivity index (χ1) is 10.2. The van der Waals surface area contributed by atoms with Crippen LogP contribution in [0.1, 0.15) is 18.1 Å². The lowest BCUT2D eigenvalue weighted by Gasteiger charge is -2.14. The number of benzene rings is 2. The Morgan fingerprint density at radius 3 is 2.62 bits per heavy atom. The van der Waals surface area contributed by atoms with Crippen molar-refractivity contribution >= 4 is 17.3 Å². The van der Waals surface area contributed by atoms with E-state index in [2.05, 4.69) is 24.4 Å². The van der Waals surface area contributed by atoms with Crippen molar-refractivity contribution in [1.82, 2.24) is 0 Å². The zero-order chi connectivity index (χ0) is 15.2. The van der Waals surface area contributed by atoms with Crippen molar-refractivity contribution in [1.29, 1.82) is 0 Å². The van der Waals surface area contributed by atoms with E-state index >= 15 is 0 Å². The fourth-order valence-corrected chi connectivity index (χ4v) is 2.46. The zero-order valence-corrected chi connectivity index (χ0v) is 13.3. The highest BCUT2D eigenvalue weighted by atomic mass is 35.5. The first kappa shape index (κ1) is 15.5. The van der Waals surface area contributed by atoms with Crippen LogP contribution in [-0.2, 0) is 6.54 Å². The molecular formula is C17H20ClNO2. The van der Waals surface area contributed by atoms with Crippen LogP contribution in [0.2, 0.25) is 5.02 Å². The maximum Gasteiger partial charge on any atom is 0.179 e. The zero-order valence-electron chi connectivity index (χ0n) is 12.6. The Morgan fingerprint density at radius 1 is 1.19 bits per heavy atom. The van der Waals surface area contributed by atoms with E-state index in [0.29, 0.717) is 29.7 Å². The van der Waals surface area contributed by atoms with Gasteiger partial charge in [-0.1, -0.05) is 29.8 Å². The molecule has 4 heteroatoms. The summed E-state index contributed by atoms with van der Waals surface area (Å²) in [6, 6.07) is 12.0. The summed E-state index contributed by atoms with van der Waals surface area (Å²) in [7, 11) is 1.59. The summed E-state index contributed by atoms with van der Waals surface area (Å²) in [6.07, 6.45) is 0. The summed E-state index contributed by atoms with van der Waals surface area (Å²) in [5, 5.41) is 3.97. The SMILES string of the molecule is CCOc1cc(CNc2ccccc2C)cc(Cl)c1OC. The van der Waals surface area contributed by atoms with E-state index in [0.717, 1.165) is 11.3 Å². The summed E-state index contributed by atoms with van der Waals surface area (Å²) in [5.74, 6) is 1.26. The Hall–Kier alpha value is -1.87. The molecule has 0 unspecified atom stereocenters. The molecule has 0 atom stereocenters. The number of hydrogen-bond donors (Lipinski definition) is 1. The molecule has 0 spiro atoms. The number of ether oxygens (including phenoxy) is 2. The molecule has 0 saturated carbocycles. The first-order valence-electron chi connectivity index (χ1n) is 6.94. The van der Waals surface area contributed by atoms with Crippen LogP contribution in [0.3, 0.4) is 0 Å². The maximum atomic E-state index is 6.25. The van der Waals surface area contributed by atoms with Gasteiger partial charge in [-0.05, 0) is 43.2 Å². The largest absolute Gasteiger partial charge is 0.491 e. The van der Waals surface area contributed by atoms with Crippen LogP contribution >= 0.6 is 11.6 Å². The van der Waals surface area contributed by atoms with E-state index in [1.807, 2.05) is 31.2 Å². The van der Waals surface area contributed by atoms with Gasteiger partial charge in [-0.3, -0.25) is 0 Å². The monoisotopic (exact) mass is 305 g/mol. The molecule has 0 amide bonds. The molecule has 112 valence electrons. The van der Waals surface area contributed by atoms with E-state index in [1.54, 1.807) is 7.11 Å². The van der Waals surface area contributed by atoms with Crippen molar-refractivity contribution in [3.8, 4) is 11.5 Å². The summed E-state index contributed by atoms with van der Waals surface area (Å²) in [4.78, 5) is 0. The molecule has 2 aromatic carbocycles. The first-order valence-corrected chi connectivity index (χ1v) is 7.32. The minimum absolute atomic E-state index is 0.560. The van der Waals surface area contributed by atoms with E-state index in [9.17, 15) is 0 Å². The molecule has 0 aliphatic carbocycles. The molecule has 0 radical (unpaired) electrons. The molecule has 0 aliphatic heterocycles. The number of anilines is 1. The van der Waals surface area contributed by atoms with Crippen LogP contribution in [0.5, 0.6) is 11.5 Å². The van der Waals surface area contributed by atoms with Gasteiger partial charge in [0.2, 0.25) is 0 Å². The van der Waals surface area contributed by atoms with Gasteiger partial charge in [0.05, 0.1) is 18.7 Å². The van der Waals surface area contributed by atoms with Crippen LogP contribution in [-0.4, -0.2) is 13.7 Å². The summed E-state index contributed by atoms with van der Waals surface area (Å²) >= 11 is 6.25. The van der Waals surface area contributed by atoms with Gasteiger partial charge in [-0.15, -0.1) is 0 Å². The second-order valence-corrected chi connectivity index (χ2v) is 5.12. The summed E-state index contributed by atoms with van der Waals surface area (Å²) < 4.78 is 10.9. The molecule has 2 rings (SSSR count). The van der Waals surface area contributed by atoms with Gasteiger partial charge in [0.15, 0.2) is 11.5 Å². The standard InChI is InChI=1S/C17H20ClNO2/c1-4-21-16-10-13(9-14(18)17(16)20-3)11-19-15-8-6-5-7-12(15)2/h5-10,19H,4,11H2,1-3H3. The highest BCUT2D eigenvalue weighted by Crippen LogP contribution is 2.36. The van der Waals surface area contributed by atoms with E-state index in [1.165, 1.54) is 5.56 Å². The Labute approximate surface area is 130 Å². The molecule has 0 bridgehead atoms. The number of hydrogen-bond acceptors (Lipinski definition) is 3. The number of halogens is 1. The van der Waals surface area contributed by atoms with Crippen molar-refractivity contribution in [2.75, 3.05) is 19.0 Å². The lowest BCUT2D eigenvalue weighted by molar-refractivity contribution is 0.310. The third-order valence-corrected chi connectivity index (χ3v) is 3.48. The van der Waals surface area contributed by atoms with Crippen LogP contribution in [0.25, 0.3) is 0 Å². The number of aryl methyl sites for hydroxylation is 1. The number of rotatable bonds is 6. The third-order valence-electron chi connectivity index (χ3n) is 3.20. The maximum absolute atomic E-state index is 6.25. The van der Waals surface area contributed by atoms with Crippen LogP contribution < -0.4 is 14.8 Å². The Kier molecular flexibility index (Phi) is 5.34.